The average Bonchev–Trinajstić information content (AvgIpc) is 2.46. The summed E-state index contributed by atoms with van der Waals surface area (Å²) in [6.45, 7) is 2.97. The lowest BCUT2D eigenvalue weighted by molar-refractivity contribution is -0.213. The summed E-state index contributed by atoms with van der Waals surface area (Å²) in [5.74, 6) is 0.628. The minimum absolute atomic E-state index is 0.192. The quantitative estimate of drug-likeness (QED) is 0.390. The van der Waals surface area contributed by atoms with Crippen LogP contribution in [0.25, 0.3) is 0 Å². The molecule has 0 bridgehead atoms. The summed E-state index contributed by atoms with van der Waals surface area (Å²) in [7, 11) is 1.51. The maximum absolute atomic E-state index is 11.3. The second-order valence-electron chi connectivity index (χ2n) is 4.67. The van der Waals surface area contributed by atoms with Crippen molar-refractivity contribution in [2.45, 2.75) is 45.4 Å². The van der Waals surface area contributed by atoms with Crippen molar-refractivity contribution in [1.82, 2.24) is 0 Å². The van der Waals surface area contributed by atoms with Crippen molar-refractivity contribution in [3.8, 4) is 5.75 Å². The highest BCUT2D eigenvalue weighted by atomic mass is 16.5. The number of ether oxygens (including phenoxy) is 1. The lowest BCUT2D eigenvalue weighted by Crippen LogP contribution is -2.18. The number of benzene rings is 1. The summed E-state index contributed by atoms with van der Waals surface area (Å²) in [4.78, 5) is 3.62. The Kier molecular flexibility index (Phi) is 7.71. The fourth-order valence-corrected chi connectivity index (χ4v) is 1.90. The van der Waals surface area contributed by atoms with Gasteiger partial charge in [-0.25, -0.2) is 0 Å². The Morgan fingerprint density at radius 1 is 1.05 bits per heavy atom. The molecule has 106 valence electrons. The van der Waals surface area contributed by atoms with Crippen LogP contribution in [0.1, 0.15) is 51.0 Å². The van der Waals surface area contributed by atoms with Crippen LogP contribution < -0.4 is 9.84 Å². The minimum atomic E-state index is -0.192. The standard InChI is InChI=1S/C16H25NO2/c1-3-4-5-6-7-8-13-19-15-11-9-14(10-12-15)16(18)17-2/h9-12H,3-8,13H2,1-2H3,(H,17,18)/p-1. The molecule has 0 aliphatic rings. The van der Waals surface area contributed by atoms with Gasteiger partial charge in [0.05, 0.1) is 6.61 Å². The molecule has 0 radical (unpaired) electrons. The first-order valence-corrected chi connectivity index (χ1v) is 7.15. The molecule has 0 atom stereocenters. The van der Waals surface area contributed by atoms with E-state index in [-0.39, 0.29) is 5.90 Å². The molecule has 0 aliphatic heterocycles. The van der Waals surface area contributed by atoms with E-state index < -0.39 is 0 Å². The highest BCUT2D eigenvalue weighted by molar-refractivity contribution is 5.90. The smallest absolute Gasteiger partial charge is 0.119 e. The molecule has 0 saturated carbocycles. The van der Waals surface area contributed by atoms with Crippen LogP contribution in [0.5, 0.6) is 5.75 Å². The highest BCUT2D eigenvalue weighted by Crippen LogP contribution is 2.13. The van der Waals surface area contributed by atoms with Gasteiger partial charge in [-0.15, -0.1) is 0 Å². The van der Waals surface area contributed by atoms with Gasteiger partial charge in [-0.3, -0.25) is 0 Å². The summed E-state index contributed by atoms with van der Waals surface area (Å²) < 4.78 is 5.64. The topological polar surface area (TPSA) is 44.6 Å². The van der Waals surface area contributed by atoms with Crippen molar-refractivity contribution >= 4 is 5.90 Å². The fourth-order valence-electron chi connectivity index (χ4n) is 1.90. The Labute approximate surface area is 116 Å². The largest absolute Gasteiger partial charge is 0.859 e. The Hall–Kier alpha value is -1.51. The molecule has 3 heteroatoms. The first-order chi connectivity index (χ1) is 9.27. The van der Waals surface area contributed by atoms with Gasteiger partial charge >= 0.3 is 0 Å². The lowest BCUT2D eigenvalue weighted by Gasteiger charge is -2.11. The van der Waals surface area contributed by atoms with E-state index >= 15 is 0 Å². The van der Waals surface area contributed by atoms with Crippen LogP contribution >= 0.6 is 0 Å². The van der Waals surface area contributed by atoms with Gasteiger partial charge in [0, 0.05) is 7.05 Å². The van der Waals surface area contributed by atoms with Crippen LogP contribution in [-0.4, -0.2) is 19.6 Å². The Balaban J connectivity index is 2.19. The van der Waals surface area contributed by atoms with Gasteiger partial charge in [-0.05, 0) is 30.0 Å². The molecule has 1 aromatic carbocycles. The normalized spacial score (nSPS) is 11.6. The van der Waals surface area contributed by atoms with Gasteiger partial charge in [0.1, 0.15) is 5.75 Å². The minimum Gasteiger partial charge on any atom is -0.859 e. The molecule has 0 amide bonds. The summed E-state index contributed by atoms with van der Waals surface area (Å²) >= 11 is 0. The van der Waals surface area contributed by atoms with Crippen molar-refractivity contribution in [2.24, 2.45) is 4.99 Å². The first kappa shape index (κ1) is 15.5. The second-order valence-corrected chi connectivity index (χ2v) is 4.67. The zero-order chi connectivity index (χ0) is 13.9. The van der Waals surface area contributed by atoms with Gasteiger partial charge in [0.2, 0.25) is 0 Å². The number of hydrogen-bond donors (Lipinski definition) is 0. The van der Waals surface area contributed by atoms with Crippen LogP contribution in [0.3, 0.4) is 0 Å². The number of nitrogens with zero attached hydrogens (tertiary/aromatic N) is 1. The van der Waals surface area contributed by atoms with Crippen LogP contribution in [-0.2, 0) is 0 Å². The van der Waals surface area contributed by atoms with Gasteiger partial charge in [0.25, 0.3) is 0 Å². The molecule has 3 nitrogen and oxygen atoms in total. The van der Waals surface area contributed by atoms with Crippen molar-refractivity contribution in [3.05, 3.63) is 29.8 Å². The van der Waals surface area contributed by atoms with Crippen LogP contribution in [0.2, 0.25) is 0 Å². The number of rotatable bonds is 9. The van der Waals surface area contributed by atoms with E-state index in [9.17, 15) is 5.11 Å². The van der Waals surface area contributed by atoms with E-state index in [2.05, 4.69) is 11.9 Å². The molecule has 0 aromatic heterocycles. The van der Waals surface area contributed by atoms with Gasteiger partial charge in [-0.1, -0.05) is 51.2 Å². The predicted molar refractivity (Wildman–Crippen MR) is 77.8 cm³/mol. The zero-order valence-corrected chi connectivity index (χ0v) is 12.0. The SMILES string of the molecule is CCCCCCCCOc1ccc(C([O-])=NC)cc1. The van der Waals surface area contributed by atoms with Crippen molar-refractivity contribution < 1.29 is 9.84 Å². The highest BCUT2D eigenvalue weighted by Gasteiger charge is 1.96. The third kappa shape index (κ3) is 6.27. The number of aliphatic imine (C=N–C) groups is 1. The van der Waals surface area contributed by atoms with Crippen LogP contribution in [0, 0.1) is 0 Å². The number of hydrogen-bond acceptors (Lipinski definition) is 3. The van der Waals surface area contributed by atoms with E-state index in [4.69, 9.17) is 4.74 Å². The Morgan fingerprint density at radius 3 is 2.32 bits per heavy atom. The van der Waals surface area contributed by atoms with Gasteiger partial charge < -0.3 is 14.8 Å². The van der Waals surface area contributed by atoms with Crippen LogP contribution in [0.4, 0.5) is 0 Å². The molecule has 0 fully saturated rings. The van der Waals surface area contributed by atoms with Gasteiger partial charge in [-0.2, -0.15) is 0 Å². The maximum Gasteiger partial charge on any atom is 0.119 e. The molecule has 0 N–H and O–H groups in total. The third-order valence-electron chi connectivity index (χ3n) is 3.07. The molecule has 1 aromatic rings. The van der Waals surface area contributed by atoms with E-state index in [1.165, 1.54) is 39.2 Å². The monoisotopic (exact) mass is 262 g/mol. The molecule has 0 heterocycles. The van der Waals surface area contributed by atoms with Gasteiger partial charge in [0.15, 0.2) is 0 Å². The molecule has 0 saturated heterocycles. The number of unbranched alkanes of at least 4 members (excludes halogenated alkanes) is 5. The van der Waals surface area contributed by atoms with Crippen LogP contribution in [0.15, 0.2) is 29.3 Å². The molecule has 1 rings (SSSR count). The van der Waals surface area contributed by atoms with Crippen molar-refractivity contribution in [1.29, 1.82) is 0 Å². The van der Waals surface area contributed by atoms with Crippen molar-refractivity contribution in [3.63, 3.8) is 0 Å². The molecule has 0 spiro atoms. The Bertz CT molecular complexity index is 371. The molecular weight excluding hydrogens is 238 g/mol. The maximum atomic E-state index is 11.3. The zero-order valence-electron chi connectivity index (χ0n) is 12.0. The lowest BCUT2D eigenvalue weighted by atomic mass is 10.1. The fraction of sp³-hybridized carbons (Fsp3) is 0.562. The summed E-state index contributed by atoms with van der Waals surface area (Å²) in [5, 5.41) is 11.3. The average molecular weight is 262 g/mol. The third-order valence-corrected chi connectivity index (χ3v) is 3.07. The van der Waals surface area contributed by atoms with E-state index in [1.807, 2.05) is 12.1 Å². The summed E-state index contributed by atoms with van der Waals surface area (Å²) in [6, 6.07) is 7.17. The summed E-state index contributed by atoms with van der Waals surface area (Å²) in [6.07, 6.45) is 7.56. The molecule has 19 heavy (non-hydrogen) atoms. The molecule has 0 aliphatic carbocycles. The molecule has 0 unspecified atom stereocenters. The van der Waals surface area contributed by atoms with E-state index in [0.717, 1.165) is 18.8 Å². The Morgan fingerprint density at radius 2 is 1.68 bits per heavy atom. The second kappa shape index (κ2) is 9.42. The molecular formula is C16H24NO2-. The van der Waals surface area contributed by atoms with E-state index in [1.54, 1.807) is 12.1 Å². The summed E-state index contributed by atoms with van der Waals surface area (Å²) in [5.41, 5.74) is 0.606. The predicted octanol–water partition coefficient (Wildman–Crippen LogP) is 3.16. The van der Waals surface area contributed by atoms with Crippen molar-refractivity contribution in [2.75, 3.05) is 13.7 Å². The first-order valence-electron chi connectivity index (χ1n) is 7.15. The van der Waals surface area contributed by atoms with E-state index in [0.29, 0.717) is 5.56 Å².